The van der Waals surface area contributed by atoms with Crippen LogP contribution in [0.3, 0.4) is 0 Å². The molecule has 0 amide bonds. The summed E-state index contributed by atoms with van der Waals surface area (Å²) in [4.78, 5) is 0. The fourth-order valence-electron chi connectivity index (χ4n) is 6.47. The molecule has 4 aromatic carbocycles. The van der Waals surface area contributed by atoms with E-state index in [1.165, 1.54) is 80.9 Å². The molecule has 242 valence electrons. The van der Waals surface area contributed by atoms with Crippen LogP contribution >= 0.6 is 7.92 Å². The van der Waals surface area contributed by atoms with E-state index >= 15 is 0 Å². The number of rotatable bonds is 6. The van der Waals surface area contributed by atoms with Crippen LogP contribution in [0, 0.1) is 6.07 Å². The Kier molecular flexibility index (Phi) is 16.0. The summed E-state index contributed by atoms with van der Waals surface area (Å²) in [6.07, 6.45) is 15.3. The number of hydrogen-bond acceptors (Lipinski definition) is 4. The predicted molar refractivity (Wildman–Crippen MR) is 188 cm³/mol. The van der Waals surface area contributed by atoms with Gasteiger partial charge in [0.05, 0.1) is 10.1 Å². The number of anilines is 1. The summed E-state index contributed by atoms with van der Waals surface area (Å²) in [6, 6.07) is 40.0. The van der Waals surface area contributed by atoms with Crippen LogP contribution in [0.1, 0.15) is 64.2 Å². The molecule has 4 aromatic rings. The third kappa shape index (κ3) is 12.1. The molecule has 0 bridgehead atoms. The van der Waals surface area contributed by atoms with E-state index in [1.54, 1.807) is 5.30 Å². The zero-order valence-electron chi connectivity index (χ0n) is 26.4. The molecule has 0 saturated heterocycles. The maximum atomic E-state index is 9.08. The van der Waals surface area contributed by atoms with Crippen LogP contribution in [0.5, 0.6) is 0 Å². The van der Waals surface area contributed by atoms with Crippen molar-refractivity contribution in [2.75, 3.05) is 18.6 Å². The Morgan fingerprint density at radius 2 is 1.18 bits per heavy atom. The van der Waals surface area contributed by atoms with Crippen LogP contribution in [0.4, 0.5) is 5.69 Å². The van der Waals surface area contributed by atoms with Gasteiger partial charge in [0, 0.05) is 13.3 Å². The van der Waals surface area contributed by atoms with Gasteiger partial charge in [0.15, 0.2) is 0 Å². The van der Waals surface area contributed by atoms with Gasteiger partial charge < -0.3 is 9.87 Å². The van der Waals surface area contributed by atoms with Crippen molar-refractivity contribution < 1.29 is 33.4 Å². The van der Waals surface area contributed by atoms with E-state index in [0.29, 0.717) is 6.26 Å². The van der Waals surface area contributed by atoms with Gasteiger partial charge in [-0.15, -0.1) is 35.9 Å². The Bertz CT molecular complexity index is 1480. The average molecular weight is 734 g/mol. The summed E-state index contributed by atoms with van der Waals surface area (Å²) in [7, 11) is -2.02. The van der Waals surface area contributed by atoms with Gasteiger partial charge in [-0.2, -0.15) is 0 Å². The van der Waals surface area contributed by atoms with Gasteiger partial charge in [-0.1, -0.05) is 125 Å². The summed E-state index contributed by atoms with van der Waals surface area (Å²) in [6.45, 7) is 0. The van der Waals surface area contributed by atoms with Gasteiger partial charge in [-0.25, -0.2) is 8.42 Å². The number of benzene rings is 4. The third-order valence-corrected chi connectivity index (χ3v) is 12.0. The minimum Gasteiger partial charge on any atom is -0.748 e. The van der Waals surface area contributed by atoms with E-state index in [0.717, 1.165) is 22.6 Å². The van der Waals surface area contributed by atoms with Crippen molar-refractivity contribution >= 4 is 29.0 Å². The molecule has 0 spiro atoms. The Labute approximate surface area is 286 Å². The van der Waals surface area contributed by atoms with Crippen molar-refractivity contribution in [1.82, 2.24) is 0 Å². The van der Waals surface area contributed by atoms with Crippen LogP contribution in [-0.2, 0) is 30.5 Å². The average Bonchev–Trinajstić information content (AvgIpc) is 3.06. The first kappa shape index (κ1) is 37.1. The van der Waals surface area contributed by atoms with Gasteiger partial charge >= 0.3 is 20.4 Å². The molecule has 6 rings (SSSR count). The molecule has 4 nitrogen and oxygen atoms in total. The normalized spacial score (nSPS) is 15.5. The monoisotopic (exact) mass is 733 g/mol. The first-order valence-electron chi connectivity index (χ1n) is 15.9. The van der Waals surface area contributed by atoms with E-state index in [9.17, 15) is 0 Å². The molecule has 0 aliphatic heterocycles. The van der Waals surface area contributed by atoms with Crippen LogP contribution in [0.25, 0.3) is 22.3 Å². The second-order valence-corrected chi connectivity index (χ2v) is 15.8. The molecule has 45 heavy (non-hydrogen) atoms. The molecule has 0 unspecified atom stereocenters. The Morgan fingerprint density at radius 3 is 1.71 bits per heavy atom. The number of nitrogens with one attached hydrogen (secondary N) is 1. The Balaban J connectivity index is 0.000000233. The molecule has 1 N–H and O–H groups in total. The van der Waals surface area contributed by atoms with Crippen LogP contribution in [0.2, 0.25) is 0 Å². The first-order valence-corrected chi connectivity index (χ1v) is 19.2. The summed E-state index contributed by atoms with van der Waals surface area (Å²) < 4.78 is 27.2. The zero-order chi connectivity index (χ0) is 31.2. The molecule has 2 aliphatic rings. The second-order valence-electron chi connectivity index (χ2n) is 11.7. The first-order chi connectivity index (χ1) is 21.3. The van der Waals surface area contributed by atoms with E-state index < -0.39 is 10.1 Å². The topological polar surface area (TPSA) is 69.2 Å². The molecular weight excluding hydrogens is 688 g/mol. The Morgan fingerprint density at radius 1 is 0.689 bits per heavy atom. The third-order valence-electron chi connectivity index (χ3n) is 8.40. The summed E-state index contributed by atoms with van der Waals surface area (Å²) >= 11 is 0. The fourth-order valence-corrected chi connectivity index (χ4v) is 10.4. The molecule has 7 heteroatoms. The largest absolute Gasteiger partial charge is 2.00 e. The standard InChI is InChI=1S/C24H31P.C13H12N.CH4O3S.Pd/c1-4-12-20(13-5-1)23-18-10-11-19-24(23)25(21-14-6-2-7-15-21)22-16-8-3-9-17-22;1-14-13-10-6-5-9-12(13)11-7-3-2-4-8-11;1-5(2,3)4;/h1,4-5,10-13,18-19,21-22H,2-3,6-9,14-17H2;2-7,9-10,14H,1H3;1H3,(H,2,3,4);/q;-1;;+2/p-1. The molecular formula is C38H46NO3PPdS. The number of hydrogen-bond donors (Lipinski definition) is 1. The number of para-hydroxylation sites is 1. The fraction of sp³-hybridized carbons (Fsp3) is 0.368. The van der Waals surface area contributed by atoms with Crippen LogP contribution in [-0.4, -0.2) is 37.6 Å². The van der Waals surface area contributed by atoms with Gasteiger partial charge in [0.1, 0.15) is 0 Å². The SMILES string of the molecule is CNc1ccccc1-c1[c-]cccc1.CS(=O)(=O)[O-].[Pd+2].c1ccc(-c2ccccc2P(C2CCCCC2)C2CCCCC2)cc1. The van der Waals surface area contributed by atoms with E-state index in [1.807, 2.05) is 37.4 Å². The van der Waals surface area contributed by atoms with Crippen molar-refractivity contribution in [1.29, 1.82) is 0 Å². The van der Waals surface area contributed by atoms with Crippen molar-refractivity contribution in [2.24, 2.45) is 0 Å². The van der Waals surface area contributed by atoms with Crippen molar-refractivity contribution in [3.63, 3.8) is 0 Å². The quantitative estimate of drug-likeness (QED) is 0.0928. The molecule has 0 atom stereocenters. The summed E-state index contributed by atoms with van der Waals surface area (Å²) in [5.41, 5.74) is 8.32. The Hall–Kier alpha value is -2.32. The van der Waals surface area contributed by atoms with E-state index in [-0.39, 0.29) is 28.3 Å². The van der Waals surface area contributed by atoms with Crippen molar-refractivity contribution in [2.45, 2.75) is 75.5 Å². The van der Waals surface area contributed by atoms with Gasteiger partial charge in [-0.3, -0.25) is 0 Å². The van der Waals surface area contributed by atoms with Crippen molar-refractivity contribution in [3.8, 4) is 22.3 Å². The van der Waals surface area contributed by atoms with Gasteiger partial charge in [-0.05, 0) is 65.2 Å². The zero-order valence-corrected chi connectivity index (χ0v) is 29.7. The maximum Gasteiger partial charge on any atom is 2.00 e. The van der Waals surface area contributed by atoms with Gasteiger partial charge in [0.25, 0.3) is 0 Å². The minimum absolute atomic E-state index is 0. The molecule has 2 fully saturated rings. The molecule has 2 aliphatic carbocycles. The van der Waals surface area contributed by atoms with E-state index in [4.69, 9.17) is 13.0 Å². The molecule has 0 radical (unpaired) electrons. The summed E-state index contributed by atoms with van der Waals surface area (Å²) in [5.74, 6) is 0. The second kappa shape index (κ2) is 19.4. The summed E-state index contributed by atoms with van der Waals surface area (Å²) in [5, 5.41) is 4.88. The smallest absolute Gasteiger partial charge is 0.748 e. The van der Waals surface area contributed by atoms with Crippen LogP contribution < -0.4 is 10.6 Å². The van der Waals surface area contributed by atoms with E-state index in [2.05, 4.69) is 84.2 Å². The van der Waals surface area contributed by atoms with Crippen molar-refractivity contribution in [3.05, 3.63) is 109 Å². The minimum atomic E-state index is -3.92. The molecule has 0 aromatic heterocycles. The maximum absolute atomic E-state index is 9.08. The van der Waals surface area contributed by atoms with Crippen LogP contribution in [0.15, 0.2) is 103 Å². The molecule has 2 saturated carbocycles. The molecule has 0 heterocycles. The predicted octanol–water partition coefficient (Wildman–Crippen LogP) is 9.48. The van der Waals surface area contributed by atoms with Gasteiger partial charge in [0.2, 0.25) is 0 Å².